The molecule has 0 aromatic carbocycles. The topological polar surface area (TPSA) is 33.0 Å². The zero-order chi connectivity index (χ0) is 12.4. The van der Waals surface area contributed by atoms with Crippen LogP contribution in [0.4, 0.5) is 0 Å². The Labute approximate surface area is 99.6 Å². The zero-order valence-electron chi connectivity index (χ0n) is 10.5. The van der Waals surface area contributed by atoms with Gasteiger partial charge in [-0.3, -0.25) is 0 Å². The lowest BCUT2D eigenvalue weighted by Crippen LogP contribution is -2.21. The second-order valence-electron chi connectivity index (χ2n) is 4.08. The Morgan fingerprint density at radius 1 is 1.56 bits per heavy atom. The fourth-order valence-electron chi connectivity index (χ4n) is 1.49. The van der Waals surface area contributed by atoms with Crippen molar-refractivity contribution >= 4 is 0 Å². The van der Waals surface area contributed by atoms with Crippen molar-refractivity contribution in [1.82, 2.24) is 0 Å². The molecule has 0 aromatic rings. The number of nitrogens with zero attached hydrogens (tertiary/aromatic N) is 1. The number of ether oxygens (including phenoxy) is 1. The van der Waals surface area contributed by atoms with Gasteiger partial charge in [0, 0.05) is 0 Å². The van der Waals surface area contributed by atoms with Crippen LogP contribution in [0.3, 0.4) is 0 Å². The van der Waals surface area contributed by atoms with E-state index >= 15 is 0 Å². The maximum atomic E-state index is 8.59. The molecule has 0 saturated heterocycles. The van der Waals surface area contributed by atoms with Gasteiger partial charge in [0.1, 0.15) is 0 Å². The highest BCUT2D eigenvalue weighted by atomic mass is 16.5. The molecule has 2 atom stereocenters. The van der Waals surface area contributed by atoms with Crippen LogP contribution >= 0.6 is 0 Å². The van der Waals surface area contributed by atoms with Gasteiger partial charge in [0.25, 0.3) is 0 Å². The lowest BCUT2D eigenvalue weighted by Gasteiger charge is -2.22. The van der Waals surface area contributed by atoms with Crippen molar-refractivity contribution in [1.29, 1.82) is 5.26 Å². The van der Waals surface area contributed by atoms with Gasteiger partial charge in [-0.15, -0.1) is 6.58 Å². The summed E-state index contributed by atoms with van der Waals surface area (Å²) in [6.45, 7) is 11.9. The summed E-state index contributed by atoms with van der Waals surface area (Å²) in [5.41, 5.74) is 1.12. The lowest BCUT2D eigenvalue weighted by molar-refractivity contribution is 0.0212. The van der Waals surface area contributed by atoms with Crippen LogP contribution in [-0.2, 0) is 4.74 Å². The van der Waals surface area contributed by atoms with Gasteiger partial charge in [0.2, 0.25) is 0 Å². The average molecular weight is 221 g/mol. The first-order chi connectivity index (χ1) is 7.65. The van der Waals surface area contributed by atoms with E-state index in [-0.39, 0.29) is 12.2 Å². The van der Waals surface area contributed by atoms with Crippen molar-refractivity contribution in [3.8, 4) is 6.07 Å². The van der Waals surface area contributed by atoms with Crippen LogP contribution in [0.1, 0.15) is 46.0 Å². The lowest BCUT2D eigenvalue weighted by atomic mass is 10.0. The summed E-state index contributed by atoms with van der Waals surface area (Å²) in [6.07, 6.45) is 6.33. The monoisotopic (exact) mass is 221 g/mol. The maximum absolute atomic E-state index is 8.59. The molecule has 0 spiro atoms. The van der Waals surface area contributed by atoms with Gasteiger partial charge >= 0.3 is 0 Å². The molecule has 0 bridgehead atoms. The molecular weight excluding hydrogens is 198 g/mol. The van der Waals surface area contributed by atoms with Crippen LogP contribution in [0.15, 0.2) is 24.8 Å². The number of unbranched alkanes of at least 4 members (excludes halogenated alkanes) is 1. The van der Waals surface area contributed by atoms with E-state index in [0.29, 0.717) is 6.42 Å². The second kappa shape index (κ2) is 9.18. The second-order valence-corrected chi connectivity index (χ2v) is 4.08. The molecule has 0 heterocycles. The molecule has 0 aromatic heterocycles. The molecular formula is C14H23NO. The first-order valence-corrected chi connectivity index (χ1v) is 5.96. The first kappa shape index (κ1) is 14.9. The standard InChI is InChI=1S/C14H23NO/c1-5-7-9-12(3)14(8-6-2)16-13(4)10-11-15/h6,13-14H,2-3,5,7-10H2,1,4H3. The van der Waals surface area contributed by atoms with E-state index in [4.69, 9.17) is 10.00 Å². The number of hydrogen-bond donors (Lipinski definition) is 0. The molecule has 2 nitrogen and oxygen atoms in total. The summed E-state index contributed by atoms with van der Waals surface area (Å²) in [5, 5.41) is 8.59. The van der Waals surface area contributed by atoms with E-state index in [0.717, 1.165) is 31.3 Å². The molecule has 2 unspecified atom stereocenters. The van der Waals surface area contributed by atoms with E-state index < -0.39 is 0 Å². The Kier molecular flexibility index (Phi) is 8.56. The van der Waals surface area contributed by atoms with Crippen molar-refractivity contribution < 1.29 is 4.74 Å². The third-order valence-corrected chi connectivity index (χ3v) is 2.46. The van der Waals surface area contributed by atoms with Crippen LogP contribution in [0.5, 0.6) is 0 Å². The van der Waals surface area contributed by atoms with Crippen molar-refractivity contribution in [3.63, 3.8) is 0 Å². The Morgan fingerprint density at radius 3 is 2.75 bits per heavy atom. The van der Waals surface area contributed by atoms with E-state index in [1.54, 1.807) is 0 Å². The molecule has 0 radical (unpaired) electrons. The smallest absolute Gasteiger partial charge is 0.0820 e. The van der Waals surface area contributed by atoms with E-state index in [2.05, 4.69) is 26.2 Å². The Hall–Kier alpha value is -1.07. The summed E-state index contributed by atoms with van der Waals surface area (Å²) in [4.78, 5) is 0. The van der Waals surface area contributed by atoms with Crippen molar-refractivity contribution in [3.05, 3.63) is 24.8 Å². The minimum atomic E-state index is -0.0340. The summed E-state index contributed by atoms with van der Waals surface area (Å²) in [7, 11) is 0. The molecule has 0 amide bonds. The van der Waals surface area contributed by atoms with Crippen LogP contribution < -0.4 is 0 Å². The van der Waals surface area contributed by atoms with Gasteiger partial charge in [-0.05, 0) is 31.8 Å². The zero-order valence-corrected chi connectivity index (χ0v) is 10.5. The average Bonchev–Trinajstić information content (AvgIpc) is 2.25. The summed E-state index contributed by atoms with van der Waals surface area (Å²) < 4.78 is 5.80. The van der Waals surface area contributed by atoms with Gasteiger partial charge < -0.3 is 4.74 Å². The predicted octanol–water partition coefficient (Wildman–Crippen LogP) is 4.00. The largest absolute Gasteiger partial charge is 0.370 e. The van der Waals surface area contributed by atoms with Crippen molar-refractivity contribution in [2.75, 3.05) is 0 Å². The Bertz CT molecular complexity index is 252. The summed E-state index contributed by atoms with van der Waals surface area (Å²) in [6, 6.07) is 2.12. The summed E-state index contributed by atoms with van der Waals surface area (Å²) in [5.74, 6) is 0. The Balaban J connectivity index is 4.19. The molecule has 0 aliphatic carbocycles. The molecule has 0 aliphatic heterocycles. The van der Waals surface area contributed by atoms with Crippen LogP contribution in [0.2, 0.25) is 0 Å². The predicted molar refractivity (Wildman–Crippen MR) is 68.0 cm³/mol. The molecule has 0 rings (SSSR count). The van der Waals surface area contributed by atoms with Gasteiger partial charge in [-0.2, -0.15) is 5.26 Å². The molecule has 0 fully saturated rings. The quantitative estimate of drug-likeness (QED) is 0.551. The third kappa shape index (κ3) is 6.42. The summed E-state index contributed by atoms with van der Waals surface area (Å²) >= 11 is 0. The third-order valence-electron chi connectivity index (χ3n) is 2.46. The van der Waals surface area contributed by atoms with Crippen LogP contribution in [0, 0.1) is 11.3 Å². The van der Waals surface area contributed by atoms with E-state index in [1.807, 2.05) is 13.0 Å². The van der Waals surface area contributed by atoms with Gasteiger partial charge in [0.15, 0.2) is 0 Å². The number of rotatable bonds is 9. The van der Waals surface area contributed by atoms with Crippen molar-refractivity contribution in [2.45, 2.75) is 58.2 Å². The minimum Gasteiger partial charge on any atom is -0.370 e. The highest BCUT2D eigenvalue weighted by Crippen LogP contribution is 2.18. The fourth-order valence-corrected chi connectivity index (χ4v) is 1.49. The highest BCUT2D eigenvalue weighted by Gasteiger charge is 2.14. The molecule has 90 valence electrons. The van der Waals surface area contributed by atoms with Gasteiger partial charge in [-0.1, -0.05) is 26.0 Å². The molecule has 0 N–H and O–H groups in total. The molecule has 0 aliphatic rings. The fraction of sp³-hybridized carbons (Fsp3) is 0.643. The van der Waals surface area contributed by atoms with Gasteiger partial charge in [-0.25, -0.2) is 0 Å². The minimum absolute atomic E-state index is 0.0207. The molecule has 16 heavy (non-hydrogen) atoms. The van der Waals surface area contributed by atoms with Crippen molar-refractivity contribution in [2.24, 2.45) is 0 Å². The maximum Gasteiger partial charge on any atom is 0.0820 e. The molecule has 0 saturated carbocycles. The van der Waals surface area contributed by atoms with Gasteiger partial charge in [0.05, 0.1) is 24.7 Å². The molecule has 2 heteroatoms. The highest BCUT2D eigenvalue weighted by molar-refractivity contribution is 5.05. The van der Waals surface area contributed by atoms with Crippen LogP contribution in [-0.4, -0.2) is 12.2 Å². The number of nitriles is 1. The SMILES string of the molecule is C=CCC(OC(C)CC#N)C(=C)CCCC. The van der Waals surface area contributed by atoms with Crippen LogP contribution in [0.25, 0.3) is 0 Å². The van der Waals surface area contributed by atoms with E-state index in [9.17, 15) is 0 Å². The Morgan fingerprint density at radius 2 is 2.25 bits per heavy atom. The normalized spacial score (nSPS) is 13.8. The number of hydrogen-bond acceptors (Lipinski definition) is 2. The van der Waals surface area contributed by atoms with E-state index in [1.165, 1.54) is 0 Å². The first-order valence-electron chi connectivity index (χ1n) is 5.96.